The standard InChI is InChI=1S/C35H66O4Si2/c1-15-18-20-23-32(36)37-30-27-31(38-40(11,12)33(4,5)6)29(28(30)22-17-3)24-26-35(10,25-21-19-16-2)39-41(13,14)34(7,8)9/h15,17,24,26,28-31H,1,3,16,18-23,25,27H2,2,4-14H3/b26-24+/t28-,29-,30+,31?,35?/m1/s1. The first-order valence-electron chi connectivity index (χ1n) is 16.2. The van der Waals surface area contributed by atoms with Crippen molar-refractivity contribution in [2.45, 2.75) is 167 Å². The fourth-order valence-electron chi connectivity index (χ4n) is 5.23. The van der Waals surface area contributed by atoms with Gasteiger partial charge in [0.05, 0.1) is 11.7 Å². The van der Waals surface area contributed by atoms with E-state index >= 15 is 0 Å². The van der Waals surface area contributed by atoms with Gasteiger partial charge in [0.15, 0.2) is 16.6 Å². The lowest BCUT2D eigenvalue weighted by Gasteiger charge is -2.43. The molecule has 238 valence electrons. The smallest absolute Gasteiger partial charge is 0.306 e. The normalized spacial score (nSPS) is 23.9. The number of hydrogen-bond donors (Lipinski definition) is 0. The number of carbonyl (C=O) groups excluding carboxylic acids is 1. The van der Waals surface area contributed by atoms with Gasteiger partial charge < -0.3 is 13.6 Å². The lowest BCUT2D eigenvalue weighted by molar-refractivity contribution is -0.151. The van der Waals surface area contributed by atoms with Crippen molar-refractivity contribution in [3.05, 3.63) is 37.5 Å². The summed E-state index contributed by atoms with van der Waals surface area (Å²) in [5.74, 6) is 0.142. The Labute approximate surface area is 257 Å². The van der Waals surface area contributed by atoms with Gasteiger partial charge in [0.2, 0.25) is 0 Å². The van der Waals surface area contributed by atoms with Gasteiger partial charge in [0, 0.05) is 24.7 Å². The molecule has 0 amide bonds. The van der Waals surface area contributed by atoms with E-state index < -0.39 is 16.6 Å². The molecule has 2 unspecified atom stereocenters. The molecule has 1 aliphatic carbocycles. The summed E-state index contributed by atoms with van der Waals surface area (Å²) in [6.45, 7) is 35.5. The molecule has 0 N–H and O–H groups in total. The van der Waals surface area contributed by atoms with Gasteiger partial charge in [-0.2, -0.15) is 0 Å². The third-order valence-corrected chi connectivity index (χ3v) is 19.0. The molecule has 41 heavy (non-hydrogen) atoms. The summed E-state index contributed by atoms with van der Waals surface area (Å²) in [6.07, 6.45) is 16.4. The molecule has 0 aliphatic heterocycles. The zero-order chi connectivity index (χ0) is 31.7. The highest BCUT2D eigenvalue weighted by molar-refractivity contribution is 6.74. The highest BCUT2D eigenvalue weighted by Crippen LogP contribution is 2.46. The van der Waals surface area contributed by atoms with Crippen molar-refractivity contribution in [2.24, 2.45) is 11.8 Å². The van der Waals surface area contributed by atoms with Crippen molar-refractivity contribution in [1.82, 2.24) is 0 Å². The van der Waals surface area contributed by atoms with Crippen LogP contribution in [0.15, 0.2) is 37.5 Å². The lowest BCUT2D eigenvalue weighted by Crippen LogP contribution is -2.48. The zero-order valence-corrected chi connectivity index (χ0v) is 31.0. The van der Waals surface area contributed by atoms with Crippen LogP contribution >= 0.6 is 0 Å². The minimum absolute atomic E-state index is 0.00386. The van der Waals surface area contributed by atoms with Crippen LogP contribution in [-0.2, 0) is 18.4 Å². The molecule has 0 aromatic heterocycles. The number of carbonyl (C=O) groups is 1. The van der Waals surface area contributed by atoms with Crippen molar-refractivity contribution in [2.75, 3.05) is 0 Å². The molecule has 4 nitrogen and oxygen atoms in total. The maximum atomic E-state index is 12.8. The number of ether oxygens (including phenoxy) is 1. The van der Waals surface area contributed by atoms with Crippen LogP contribution in [0.3, 0.4) is 0 Å². The predicted molar refractivity (Wildman–Crippen MR) is 182 cm³/mol. The van der Waals surface area contributed by atoms with Gasteiger partial charge in [-0.05, 0) is 68.9 Å². The summed E-state index contributed by atoms with van der Waals surface area (Å²) in [6, 6.07) is 0. The molecule has 5 atom stereocenters. The molecule has 0 aromatic carbocycles. The van der Waals surface area contributed by atoms with E-state index in [0.29, 0.717) is 6.42 Å². The van der Waals surface area contributed by atoms with Gasteiger partial charge in [-0.15, -0.1) is 13.2 Å². The Hall–Kier alpha value is -0.956. The minimum Gasteiger partial charge on any atom is -0.462 e. The van der Waals surface area contributed by atoms with E-state index in [4.69, 9.17) is 13.6 Å². The Morgan fingerprint density at radius 1 is 0.878 bits per heavy atom. The van der Waals surface area contributed by atoms with E-state index in [-0.39, 0.29) is 45.7 Å². The van der Waals surface area contributed by atoms with Crippen molar-refractivity contribution >= 4 is 22.6 Å². The van der Waals surface area contributed by atoms with Crippen LogP contribution < -0.4 is 0 Å². The molecular weight excluding hydrogens is 541 g/mol. The van der Waals surface area contributed by atoms with Crippen LogP contribution in [0, 0.1) is 11.8 Å². The average molecular weight is 607 g/mol. The number of hydrogen-bond acceptors (Lipinski definition) is 4. The Morgan fingerprint density at radius 2 is 1.49 bits per heavy atom. The Kier molecular flexibility index (Phi) is 14.6. The van der Waals surface area contributed by atoms with E-state index in [0.717, 1.165) is 38.5 Å². The van der Waals surface area contributed by atoms with Crippen LogP contribution in [-0.4, -0.2) is 40.4 Å². The van der Waals surface area contributed by atoms with Crippen LogP contribution in [0.4, 0.5) is 0 Å². The monoisotopic (exact) mass is 606 g/mol. The molecule has 1 rings (SSSR count). The SMILES string of the molecule is C=CCCCC(=O)O[C@H]1CC(O[Si](C)(C)C(C)(C)C)[C@H](/C=C/C(C)(CCCCC)O[Si](C)(C)C(C)(C)C)[C@H]1CC=C. The summed E-state index contributed by atoms with van der Waals surface area (Å²) in [5, 5.41) is 0.221. The third-order valence-electron chi connectivity index (χ3n) is 9.87. The van der Waals surface area contributed by atoms with E-state index in [9.17, 15) is 4.79 Å². The first-order chi connectivity index (χ1) is 18.7. The number of allylic oxidation sites excluding steroid dienone is 2. The Bertz CT molecular complexity index is 864. The maximum absolute atomic E-state index is 12.8. The molecule has 1 fully saturated rings. The van der Waals surface area contributed by atoms with Crippen LogP contribution in [0.2, 0.25) is 36.3 Å². The van der Waals surface area contributed by atoms with Crippen molar-refractivity contribution in [3.8, 4) is 0 Å². The Balaban J connectivity index is 3.48. The zero-order valence-electron chi connectivity index (χ0n) is 29.0. The van der Waals surface area contributed by atoms with Gasteiger partial charge in [-0.1, -0.05) is 92.0 Å². The fourth-order valence-corrected chi connectivity index (χ4v) is 8.24. The summed E-state index contributed by atoms with van der Waals surface area (Å²) < 4.78 is 20.4. The Morgan fingerprint density at radius 3 is 2.00 bits per heavy atom. The van der Waals surface area contributed by atoms with E-state index in [1.165, 1.54) is 12.8 Å². The molecule has 6 heteroatoms. The quantitative estimate of drug-likeness (QED) is 0.0715. The lowest BCUT2D eigenvalue weighted by atomic mass is 9.88. The molecule has 0 heterocycles. The molecule has 0 aromatic rings. The van der Waals surface area contributed by atoms with Crippen molar-refractivity contribution in [3.63, 3.8) is 0 Å². The summed E-state index contributed by atoms with van der Waals surface area (Å²) in [5.41, 5.74) is -0.349. The summed E-state index contributed by atoms with van der Waals surface area (Å²) >= 11 is 0. The number of esters is 1. The summed E-state index contributed by atoms with van der Waals surface area (Å²) in [7, 11) is -4.07. The second-order valence-electron chi connectivity index (χ2n) is 15.6. The second-order valence-corrected chi connectivity index (χ2v) is 25.1. The third kappa shape index (κ3) is 11.6. The van der Waals surface area contributed by atoms with Crippen LogP contribution in [0.1, 0.15) is 113 Å². The summed E-state index contributed by atoms with van der Waals surface area (Å²) in [4.78, 5) is 12.8. The first kappa shape index (κ1) is 38.1. The number of rotatable bonds is 17. The highest BCUT2D eigenvalue weighted by Gasteiger charge is 2.49. The number of unbranched alkanes of at least 4 members (excludes halogenated alkanes) is 3. The van der Waals surface area contributed by atoms with E-state index in [2.05, 4.69) is 107 Å². The second kappa shape index (κ2) is 15.7. The van der Waals surface area contributed by atoms with Crippen LogP contribution in [0.25, 0.3) is 0 Å². The van der Waals surface area contributed by atoms with Gasteiger partial charge in [-0.3, -0.25) is 4.79 Å². The molecule has 1 saturated carbocycles. The molecule has 0 spiro atoms. The molecular formula is C35H66O4Si2. The average Bonchev–Trinajstić information content (AvgIpc) is 3.11. The van der Waals surface area contributed by atoms with Gasteiger partial charge in [0.1, 0.15) is 6.10 Å². The van der Waals surface area contributed by atoms with E-state index in [1.54, 1.807) is 0 Å². The maximum Gasteiger partial charge on any atom is 0.306 e. The molecule has 0 saturated heterocycles. The first-order valence-corrected chi connectivity index (χ1v) is 22.0. The minimum atomic E-state index is -2.06. The van der Waals surface area contributed by atoms with Gasteiger partial charge >= 0.3 is 5.97 Å². The van der Waals surface area contributed by atoms with Crippen molar-refractivity contribution in [1.29, 1.82) is 0 Å². The molecule has 1 aliphatic rings. The highest BCUT2D eigenvalue weighted by atomic mass is 28.4. The van der Waals surface area contributed by atoms with Crippen LogP contribution in [0.5, 0.6) is 0 Å². The largest absolute Gasteiger partial charge is 0.462 e. The predicted octanol–water partition coefficient (Wildman–Crippen LogP) is 10.8. The van der Waals surface area contributed by atoms with Gasteiger partial charge in [0.25, 0.3) is 0 Å². The molecule has 0 radical (unpaired) electrons. The molecule has 0 bridgehead atoms. The van der Waals surface area contributed by atoms with Gasteiger partial charge in [-0.25, -0.2) is 0 Å². The fraction of sp³-hybridized carbons (Fsp3) is 0.800. The van der Waals surface area contributed by atoms with E-state index in [1.807, 2.05) is 12.2 Å². The topological polar surface area (TPSA) is 44.8 Å². The van der Waals surface area contributed by atoms with Crippen molar-refractivity contribution < 1.29 is 18.4 Å².